The number of amides is 3. The summed E-state index contributed by atoms with van der Waals surface area (Å²) < 4.78 is 22.8. The van der Waals surface area contributed by atoms with Gasteiger partial charge in [-0.05, 0) is 133 Å². The Labute approximate surface area is 537 Å². The van der Waals surface area contributed by atoms with E-state index >= 15 is 0 Å². The number of allylic oxidation sites excluding steroid dienone is 18. The van der Waals surface area contributed by atoms with Crippen molar-refractivity contribution in [3.8, 4) is 11.5 Å². The standard InChI is InChI=1S/C72H94N4O11S2/c1-5-7-9-11-13-15-17-19-21-23-24-26-28-30-32-34-36-48-64(77)74-53-55-88-89-56-54-75-65(78)50-52-76-68(80)67(72(3,4)58-84-66(79)49-37-35-33-31-29-27-25-22-20-18-16-14-12-10-8-6-2)87-71(83)61-45-39-41-47-63(61)86-70(82)60-44-38-40-46-62(60)85-69(81)59-43-42-51-73-57-59/h7-10,13-16,19-22,24,26,30-33,38-47,51,57,67H,5-6,11-12,17-18,23,25,27-29,34-37,48-50,52-56,58H2,1-4H3,(H,74,77)(H,75,78)(H,76,80). The lowest BCUT2D eigenvalue weighted by atomic mass is 9.86. The second-order valence-corrected chi connectivity index (χ2v) is 23.7. The average molecular weight is 1260 g/mol. The lowest BCUT2D eigenvalue weighted by Gasteiger charge is -2.32. The topological polar surface area (TPSA) is 205 Å². The Balaban J connectivity index is 1.47. The summed E-state index contributed by atoms with van der Waals surface area (Å²) in [5, 5.41) is 8.52. The zero-order valence-electron chi connectivity index (χ0n) is 52.6. The van der Waals surface area contributed by atoms with Gasteiger partial charge in [-0.3, -0.25) is 24.2 Å². The van der Waals surface area contributed by atoms with Crippen molar-refractivity contribution < 1.29 is 52.5 Å². The van der Waals surface area contributed by atoms with E-state index in [2.05, 4.69) is 144 Å². The van der Waals surface area contributed by atoms with Gasteiger partial charge in [0, 0.05) is 68.2 Å². The summed E-state index contributed by atoms with van der Waals surface area (Å²) in [4.78, 5) is 96.9. The van der Waals surface area contributed by atoms with Crippen molar-refractivity contribution in [3.05, 3.63) is 199 Å². The summed E-state index contributed by atoms with van der Waals surface area (Å²) in [6.07, 6.45) is 54.2. The molecule has 1 unspecified atom stereocenters. The Kier molecular flexibility index (Phi) is 41.7. The van der Waals surface area contributed by atoms with Crippen LogP contribution < -0.4 is 25.4 Å². The summed E-state index contributed by atoms with van der Waals surface area (Å²) in [7, 11) is 3.16. The number of carbonyl (C=O) groups is 7. The fourth-order valence-electron chi connectivity index (χ4n) is 8.08. The third-order valence-electron chi connectivity index (χ3n) is 12.9. The molecule has 0 fully saturated rings. The van der Waals surface area contributed by atoms with Crippen LogP contribution in [0, 0.1) is 5.41 Å². The van der Waals surface area contributed by atoms with Crippen molar-refractivity contribution >= 4 is 63.2 Å². The molecule has 0 radical (unpaired) electrons. The first-order valence-electron chi connectivity index (χ1n) is 31.2. The molecule has 15 nitrogen and oxygen atoms in total. The summed E-state index contributed by atoms with van der Waals surface area (Å²) in [5.74, 6) is -3.24. The van der Waals surface area contributed by atoms with Crippen molar-refractivity contribution in [2.45, 2.75) is 149 Å². The van der Waals surface area contributed by atoms with Crippen LogP contribution in [0.4, 0.5) is 0 Å². The zero-order chi connectivity index (χ0) is 64.3. The first-order valence-corrected chi connectivity index (χ1v) is 33.6. The number of benzene rings is 2. The van der Waals surface area contributed by atoms with Crippen LogP contribution in [0.1, 0.15) is 174 Å². The van der Waals surface area contributed by atoms with Gasteiger partial charge in [0.05, 0.1) is 5.56 Å². The van der Waals surface area contributed by atoms with Gasteiger partial charge in [0.15, 0.2) is 6.10 Å². The number of nitrogens with one attached hydrogen (secondary N) is 3. The van der Waals surface area contributed by atoms with Crippen molar-refractivity contribution in [1.82, 2.24) is 20.9 Å². The first kappa shape index (κ1) is 75.5. The number of carbonyl (C=O) groups excluding carboxylic acids is 7. The van der Waals surface area contributed by atoms with Gasteiger partial charge < -0.3 is 34.9 Å². The highest BCUT2D eigenvalue weighted by atomic mass is 33.1. The molecule has 0 aliphatic rings. The number of ether oxygens (including phenoxy) is 4. The average Bonchev–Trinajstić information content (AvgIpc) is 2.05. The summed E-state index contributed by atoms with van der Waals surface area (Å²) in [5.41, 5.74) is -1.46. The van der Waals surface area contributed by atoms with E-state index in [1.54, 1.807) is 53.6 Å². The molecular formula is C72H94N4O11S2. The molecule has 3 rings (SSSR count). The minimum atomic E-state index is -1.56. The SMILES string of the molecule is CCC=CCC=CCC=CCC=CCC=CCCCC(=O)NCCSSCCNC(=O)CCNC(=O)C(OC(=O)c1ccccc1OC(=O)c1ccccc1OC(=O)c1cccnc1)C(C)(C)COC(=O)CCCC=CCCCC=CCC=CCC=CCC. The van der Waals surface area contributed by atoms with Crippen molar-refractivity contribution in [2.24, 2.45) is 5.41 Å². The third kappa shape index (κ3) is 36.4. The van der Waals surface area contributed by atoms with E-state index < -0.39 is 41.3 Å². The summed E-state index contributed by atoms with van der Waals surface area (Å²) in [6.45, 7) is 8.00. The van der Waals surface area contributed by atoms with Gasteiger partial charge in [-0.25, -0.2) is 14.4 Å². The molecule has 89 heavy (non-hydrogen) atoms. The van der Waals surface area contributed by atoms with Crippen LogP contribution in [-0.4, -0.2) is 90.4 Å². The van der Waals surface area contributed by atoms with Crippen LogP contribution in [-0.2, 0) is 28.7 Å². The third-order valence-corrected chi connectivity index (χ3v) is 15.3. The molecule has 0 saturated heterocycles. The number of hydrogen-bond acceptors (Lipinski definition) is 14. The normalized spacial score (nSPS) is 12.4. The number of para-hydroxylation sites is 2. The number of rotatable bonds is 46. The summed E-state index contributed by atoms with van der Waals surface area (Å²) in [6, 6.07) is 14.8. The van der Waals surface area contributed by atoms with E-state index in [9.17, 15) is 33.6 Å². The Morgan fingerprint density at radius 2 is 0.944 bits per heavy atom. The van der Waals surface area contributed by atoms with Crippen LogP contribution in [0.25, 0.3) is 0 Å². The fourth-order valence-corrected chi connectivity index (χ4v) is 9.89. The number of nitrogens with zero attached hydrogens (tertiary/aromatic N) is 1. The second-order valence-electron chi connectivity index (χ2n) is 21.0. The van der Waals surface area contributed by atoms with Crippen LogP contribution in [0.3, 0.4) is 0 Å². The maximum atomic E-state index is 14.1. The number of pyridine rings is 1. The molecule has 0 saturated carbocycles. The van der Waals surface area contributed by atoms with Gasteiger partial charge >= 0.3 is 23.9 Å². The first-order chi connectivity index (χ1) is 43.4. The minimum absolute atomic E-state index is 0.0246. The molecular weight excluding hydrogens is 1160 g/mol. The fraction of sp³-hybridized carbons (Fsp3) is 0.417. The quantitative estimate of drug-likeness (QED) is 0.0158. The van der Waals surface area contributed by atoms with Crippen molar-refractivity contribution in [3.63, 3.8) is 0 Å². The minimum Gasteiger partial charge on any atom is -0.465 e. The Bertz CT molecular complexity index is 2850. The van der Waals surface area contributed by atoms with Crippen LogP contribution in [0.5, 0.6) is 11.5 Å². The van der Waals surface area contributed by atoms with Gasteiger partial charge in [-0.2, -0.15) is 0 Å². The van der Waals surface area contributed by atoms with E-state index in [0.717, 1.165) is 83.5 Å². The highest BCUT2D eigenvalue weighted by Gasteiger charge is 2.40. The van der Waals surface area contributed by atoms with E-state index in [1.165, 1.54) is 54.9 Å². The lowest BCUT2D eigenvalue weighted by molar-refractivity contribution is -0.153. The van der Waals surface area contributed by atoms with Crippen molar-refractivity contribution in [1.29, 1.82) is 0 Å². The predicted octanol–water partition coefficient (Wildman–Crippen LogP) is 15.4. The molecule has 1 heterocycles. The van der Waals surface area contributed by atoms with E-state index in [-0.39, 0.29) is 66.0 Å². The monoisotopic (exact) mass is 1250 g/mol. The molecule has 0 aliphatic carbocycles. The molecule has 0 spiro atoms. The van der Waals surface area contributed by atoms with Gasteiger partial charge in [0.1, 0.15) is 29.2 Å². The largest absolute Gasteiger partial charge is 0.465 e. The highest BCUT2D eigenvalue weighted by Crippen LogP contribution is 2.29. The maximum Gasteiger partial charge on any atom is 0.347 e. The highest BCUT2D eigenvalue weighted by molar-refractivity contribution is 8.76. The molecule has 0 aliphatic heterocycles. The van der Waals surface area contributed by atoms with E-state index in [0.29, 0.717) is 43.9 Å². The second kappa shape index (κ2) is 49.2. The number of esters is 4. The number of hydrogen-bond donors (Lipinski definition) is 3. The van der Waals surface area contributed by atoms with Gasteiger partial charge in [-0.15, -0.1) is 0 Å². The smallest absolute Gasteiger partial charge is 0.347 e. The lowest BCUT2D eigenvalue weighted by Crippen LogP contribution is -2.49. The molecule has 17 heteroatoms. The van der Waals surface area contributed by atoms with Crippen LogP contribution >= 0.6 is 21.6 Å². The molecule has 1 atom stereocenters. The predicted molar refractivity (Wildman–Crippen MR) is 362 cm³/mol. The molecule has 3 N–H and O–H groups in total. The van der Waals surface area contributed by atoms with Gasteiger partial charge in [0.25, 0.3) is 5.91 Å². The maximum absolute atomic E-state index is 14.1. The number of aromatic nitrogens is 1. The van der Waals surface area contributed by atoms with E-state index in [1.807, 2.05) is 0 Å². The molecule has 3 amide bonds. The Morgan fingerprint density at radius 3 is 1.46 bits per heavy atom. The molecule has 2 aromatic carbocycles. The molecule has 480 valence electrons. The van der Waals surface area contributed by atoms with Crippen LogP contribution in [0.2, 0.25) is 0 Å². The zero-order valence-corrected chi connectivity index (χ0v) is 54.3. The Hall–Kier alpha value is -7.76. The van der Waals surface area contributed by atoms with Gasteiger partial charge in [-0.1, -0.05) is 183 Å². The van der Waals surface area contributed by atoms with Crippen LogP contribution in [0.15, 0.2) is 182 Å². The van der Waals surface area contributed by atoms with Gasteiger partial charge in [0.2, 0.25) is 11.8 Å². The molecule has 0 bridgehead atoms. The summed E-state index contributed by atoms with van der Waals surface area (Å²) >= 11 is 0. The van der Waals surface area contributed by atoms with E-state index in [4.69, 9.17) is 18.9 Å². The molecule has 1 aromatic heterocycles. The molecule has 3 aromatic rings. The number of unbranched alkanes of at least 4 members (excludes halogenated alkanes) is 4. The Morgan fingerprint density at radius 1 is 0.494 bits per heavy atom. The van der Waals surface area contributed by atoms with Crippen molar-refractivity contribution in [2.75, 3.05) is 37.7 Å².